The van der Waals surface area contributed by atoms with Crippen molar-refractivity contribution in [2.75, 3.05) is 0 Å². The highest BCUT2D eigenvalue weighted by Gasteiger charge is 2.16. The Balaban J connectivity index is 1.91. The zero-order valence-electron chi connectivity index (χ0n) is 11.6. The van der Waals surface area contributed by atoms with Crippen LogP contribution in [-0.2, 0) is 0 Å². The van der Waals surface area contributed by atoms with Crippen LogP contribution in [0.3, 0.4) is 0 Å². The van der Waals surface area contributed by atoms with Crippen LogP contribution >= 0.6 is 38.6 Å². The lowest BCUT2D eigenvalue weighted by molar-refractivity contribution is 1.24. The molecule has 0 bridgehead atoms. The highest BCUT2D eigenvalue weighted by atomic mass is 79.9. The van der Waals surface area contributed by atoms with E-state index in [1.807, 2.05) is 31.5 Å². The minimum atomic E-state index is 0.980. The topological polar surface area (TPSA) is 38.7 Å². The van der Waals surface area contributed by atoms with Gasteiger partial charge in [0, 0.05) is 29.5 Å². The highest BCUT2D eigenvalue weighted by Crippen LogP contribution is 2.40. The van der Waals surface area contributed by atoms with E-state index in [0.717, 1.165) is 31.3 Å². The summed E-state index contributed by atoms with van der Waals surface area (Å²) in [6, 6.07) is 6.08. The van der Waals surface area contributed by atoms with Crippen molar-refractivity contribution in [3.05, 3.63) is 52.3 Å². The Morgan fingerprint density at radius 3 is 2.91 bits per heavy atom. The summed E-state index contributed by atoms with van der Waals surface area (Å²) in [6.07, 6.45) is 5.49. The number of thiophene rings is 1. The summed E-state index contributed by atoms with van der Waals surface area (Å²) >= 11 is 6.96. The Hall–Kier alpha value is -1.63. The first-order chi connectivity index (χ1) is 10.7. The van der Waals surface area contributed by atoms with Crippen molar-refractivity contribution in [2.24, 2.45) is 0 Å². The molecule has 0 spiro atoms. The number of hydrogen-bond donors (Lipinski definition) is 0. The lowest BCUT2D eigenvalue weighted by Gasteiger charge is -2.01. The smallest absolute Gasteiger partial charge is 0.125 e. The van der Waals surface area contributed by atoms with Gasteiger partial charge < -0.3 is 0 Å². The molecule has 4 aromatic rings. The van der Waals surface area contributed by atoms with Gasteiger partial charge in [-0.1, -0.05) is 0 Å². The van der Waals surface area contributed by atoms with Gasteiger partial charge in [0.05, 0.1) is 25.4 Å². The molecule has 4 rings (SSSR count). The number of pyridine rings is 2. The monoisotopic (exact) mass is 387 g/mol. The average molecular weight is 388 g/mol. The normalized spacial score (nSPS) is 11.2. The maximum Gasteiger partial charge on any atom is 0.125 e. The maximum absolute atomic E-state index is 4.70. The molecule has 0 aliphatic heterocycles. The quantitative estimate of drug-likeness (QED) is 0.452. The molecule has 4 aromatic heterocycles. The molecule has 22 heavy (non-hydrogen) atoms. The van der Waals surface area contributed by atoms with E-state index in [2.05, 4.69) is 37.3 Å². The number of aromatic nitrogens is 3. The number of aryl methyl sites for hydroxylation is 1. The number of halogens is 1. The number of fused-ring (bicyclic) bond motifs is 1. The van der Waals surface area contributed by atoms with Crippen molar-refractivity contribution in [3.8, 4) is 21.1 Å². The van der Waals surface area contributed by atoms with Crippen LogP contribution in [-0.4, -0.2) is 15.0 Å². The Morgan fingerprint density at radius 1 is 1.18 bits per heavy atom. The van der Waals surface area contributed by atoms with Gasteiger partial charge >= 0.3 is 0 Å². The van der Waals surface area contributed by atoms with E-state index in [0.29, 0.717) is 0 Å². The standard InChI is InChI=1S/C16H10BrN3S2/c1-9-14(22-16(20-9)10-3-2-5-18-7-10)13-11-4-6-21-15(11)12(17)8-19-13/h2-8H,1H3. The Labute approximate surface area is 143 Å². The fraction of sp³-hybridized carbons (Fsp3) is 0.0625. The molecule has 0 radical (unpaired) electrons. The molecule has 0 saturated carbocycles. The van der Waals surface area contributed by atoms with Crippen molar-refractivity contribution < 1.29 is 0 Å². The van der Waals surface area contributed by atoms with Gasteiger partial charge in [0.25, 0.3) is 0 Å². The predicted molar refractivity (Wildman–Crippen MR) is 96.4 cm³/mol. The molecule has 3 nitrogen and oxygen atoms in total. The second-order valence-electron chi connectivity index (χ2n) is 4.79. The van der Waals surface area contributed by atoms with Gasteiger partial charge in [0.2, 0.25) is 0 Å². The van der Waals surface area contributed by atoms with Crippen molar-refractivity contribution in [2.45, 2.75) is 6.92 Å². The van der Waals surface area contributed by atoms with Gasteiger partial charge in [-0.25, -0.2) is 4.98 Å². The summed E-state index contributed by atoms with van der Waals surface area (Å²) in [4.78, 5) is 14.6. The Kier molecular flexibility index (Phi) is 3.52. The SMILES string of the molecule is Cc1nc(-c2cccnc2)sc1-c1ncc(Br)c2sccc12. The van der Waals surface area contributed by atoms with Crippen LogP contribution in [0.2, 0.25) is 0 Å². The minimum Gasteiger partial charge on any atom is -0.264 e. The largest absolute Gasteiger partial charge is 0.264 e. The van der Waals surface area contributed by atoms with Gasteiger partial charge in [-0.15, -0.1) is 22.7 Å². The van der Waals surface area contributed by atoms with E-state index >= 15 is 0 Å². The van der Waals surface area contributed by atoms with Gasteiger partial charge in [-0.2, -0.15) is 0 Å². The number of nitrogens with zero attached hydrogens (tertiary/aromatic N) is 3. The van der Waals surface area contributed by atoms with E-state index < -0.39 is 0 Å². The van der Waals surface area contributed by atoms with E-state index in [-0.39, 0.29) is 0 Å². The van der Waals surface area contributed by atoms with Crippen molar-refractivity contribution in [1.82, 2.24) is 15.0 Å². The zero-order chi connectivity index (χ0) is 15.1. The summed E-state index contributed by atoms with van der Waals surface area (Å²) < 4.78 is 2.26. The molecule has 0 fully saturated rings. The first-order valence-electron chi connectivity index (χ1n) is 6.64. The second kappa shape index (κ2) is 5.53. The van der Waals surface area contributed by atoms with Crippen LogP contribution in [0.4, 0.5) is 0 Å². The molecule has 0 atom stereocenters. The third kappa shape index (κ3) is 2.27. The molecular weight excluding hydrogens is 378 g/mol. The van der Waals surface area contributed by atoms with Crippen LogP contribution in [0.5, 0.6) is 0 Å². The summed E-state index contributed by atoms with van der Waals surface area (Å²) in [5.74, 6) is 0. The lowest BCUT2D eigenvalue weighted by Crippen LogP contribution is -1.84. The average Bonchev–Trinajstić information content (AvgIpc) is 3.17. The number of hydrogen-bond acceptors (Lipinski definition) is 5. The highest BCUT2D eigenvalue weighted by molar-refractivity contribution is 9.10. The van der Waals surface area contributed by atoms with Crippen LogP contribution in [0.15, 0.2) is 46.6 Å². The Bertz CT molecular complexity index is 960. The fourth-order valence-corrected chi connectivity index (χ4v) is 4.80. The number of rotatable bonds is 2. The first kappa shape index (κ1) is 14.0. The molecule has 0 N–H and O–H groups in total. The Morgan fingerprint density at radius 2 is 2.09 bits per heavy atom. The molecule has 4 heterocycles. The minimum absolute atomic E-state index is 0.980. The molecule has 0 aliphatic rings. The summed E-state index contributed by atoms with van der Waals surface area (Å²) in [6.45, 7) is 2.04. The van der Waals surface area contributed by atoms with Crippen LogP contribution in [0.1, 0.15) is 5.69 Å². The van der Waals surface area contributed by atoms with Crippen molar-refractivity contribution in [3.63, 3.8) is 0 Å². The zero-order valence-corrected chi connectivity index (χ0v) is 14.8. The van der Waals surface area contributed by atoms with E-state index in [4.69, 9.17) is 4.98 Å². The number of thiazole rings is 1. The first-order valence-corrected chi connectivity index (χ1v) is 9.13. The van der Waals surface area contributed by atoms with Gasteiger partial charge in [-0.3, -0.25) is 9.97 Å². The molecule has 0 amide bonds. The molecule has 6 heteroatoms. The van der Waals surface area contributed by atoms with E-state index in [1.54, 1.807) is 28.9 Å². The molecule has 0 aliphatic carbocycles. The van der Waals surface area contributed by atoms with Crippen molar-refractivity contribution in [1.29, 1.82) is 0 Å². The van der Waals surface area contributed by atoms with Crippen molar-refractivity contribution >= 4 is 48.7 Å². The molecule has 108 valence electrons. The van der Waals surface area contributed by atoms with Crippen LogP contribution in [0.25, 0.3) is 31.2 Å². The van der Waals surface area contributed by atoms with Crippen LogP contribution < -0.4 is 0 Å². The van der Waals surface area contributed by atoms with Gasteiger partial charge in [-0.05, 0) is 46.4 Å². The third-order valence-electron chi connectivity index (χ3n) is 3.36. The molecule has 0 unspecified atom stereocenters. The molecule has 0 aromatic carbocycles. The maximum atomic E-state index is 4.70. The van der Waals surface area contributed by atoms with E-state index in [9.17, 15) is 0 Å². The fourth-order valence-electron chi connectivity index (χ4n) is 2.34. The van der Waals surface area contributed by atoms with Crippen LogP contribution in [0, 0.1) is 6.92 Å². The third-order valence-corrected chi connectivity index (χ3v) is 6.39. The summed E-state index contributed by atoms with van der Waals surface area (Å²) in [5.41, 5.74) is 3.05. The van der Waals surface area contributed by atoms with Gasteiger partial charge in [0.1, 0.15) is 5.01 Å². The summed E-state index contributed by atoms with van der Waals surface area (Å²) in [7, 11) is 0. The molecule has 0 saturated heterocycles. The van der Waals surface area contributed by atoms with E-state index in [1.165, 1.54) is 10.1 Å². The molecular formula is C16H10BrN3S2. The summed E-state index contributed by atoms with van der Waals surface area (Å²) in [5, 5.41) is 4.25. The second-order valence-corrected chi connectivity index (χ2v) is 7.56. The van der Waals surface area contributed by atoms with Gasteiger partial charge in [0.15, 0.2) is 0 Å². The predicted octanol–water partition coefficient (Wildman–Crippen LogP) is 5.55. The lowest BCUT2D eigenvalue weighted by atomic mass is 10.2.